The fourth-order valence-corrected chi connectivity index (χ4v) is 0.340. The van der Waals surface area contributed by atoms with Crippen LogP contribution in [-0.4, -0.2) is 0 Å². The Morgan fingerprint density at radius 1 is 1.10 bits per heavy atom. The molecule has 1 aliphatic rings. The van der Waals surface area contributed by atoms with Crippen molar-refractivity contribution in [1.29, 1.82) is 0 Å². The minimum Gasteiger partial charge on any atom is -0.273 e. The Morgan fingerprint density at radius 3 is 1.70 bits per heavy atom. The van der Waals surface area contributed by atoms with Crippen LogP contribution in [0, 0.1) is 6.08 Å². The fraction of sp³-hybridized carbons (Fsp3) is 0.111. The van der Waals surface area contributed by atoms with Gasteiger partial charge in [-0.25, -0.2) is 12.2 Å². The Morgan fingerprint density at radius 2 is 1.60 bits per heavy atom. The molecule has 0 aromatic rings. The Balaban J connectivity index is -0.0000000875. The number of allylic oxidation sites excluding steroid dienone is 4. The van der Waals surface area contributed by atoms with Gasteiger partial charge in [0, 0.05) is 16.8 Å². The summed E-state index contributed by atoms with van der Waals surface area (Å²) in [5.74, 6) is 0. The van der Waals surface area contributed by atoms with Crippen molar-refractivity contribution < 1.29 is 16.8 Å². The maximum atomic E-state index is 3.00. The van der Waals surface area contributed by atoms with E-state index in [-0.39, 0.29) is 16.8 Å². The van der Waals surface area contributed by atoms with Crippen LogP contribution in [-0.2, 0) is 16.8 Å². The topological polar surface area (TPSA) is 0 Å². The quantitative estimate of drug-likeness (QED) is 0.397. The van der Waals surface area contributed by atoms with Crippen molar-refractivity contribution in [1.82, 2.24) is 0 Å². The van der Waals surface area contributed by atoms with Crippen LogP contribution in [0.25, 0.3) is 0 Å². The molecular weight excluding hydrogens is 167 g/mol. The molecule has 0 aromatic heterocycles. The van der Waals surface area contributed by atoms with Gasteiger partial charge >= 0.3 is 0 Å². The van der Waals surface area contributed by atoms with Crippen molar-refractivity contribution in [2.45, 2.75) is 6.42 Å². The molecule has 0 fully saturated rings. The molecule has 0 unspecified atom stereocenters. The van der Waals surface area contributed by atoms with E-state index >= 15 is 0 Å². The summed E-state index contributed by atoms with van der Waals surface area (Å²) in [6, 6.07) is 0. The normalized spacial score (nSPS) is 9.60. The SMILES string of the molecule is C=C.C=C.[C-]1=CC=CC1.[Co]. The van der Waals surface area contributed by atoms with Crippen molar-refractivity contribution in [3.05, 3.63) is 50.6 Å². The molecule has 0 amide bonds. The molecule has 0 aromatic carbocycles. The van der Waals surface area contributed by atoms with E-state index in [4.69, 9.17) is 0 Å². The van der Waals surface area contributed by atoms with Gasteiger partial charge in [0.15, 0.2) is 0 Å². The van der Waals surface area contributed by atoms with Crippen LogP contribution >= 0.6 is 0 Å². The minimum atomic E-state index is 0. The van der Waals surface area contributed by atoms with Gasteiger partial charge in [-0.05, 0) is 0 Å². The maximum absolute atomic E-state index is 3.00. The van der Waals surface area contributed by atoms with Crippen molar-refractivity contribution in [3.8, 4) is 0 Å². The van der Waals surface area contributed by atoms with Crippen molar-refractivity contribution in [3.63, 3.8) is 0 Å². The summed E-state index contributed by atoms with van der Waals surface area (Å²) >= 11 is 0. The molecule has 59 valence electrons. The molecule has 0 N–H and O–H groups in total. The molecule has 1 heteroatoms. The summed E-state index contributed by atoms with van der Waals surface area (Å²) < 4.78 is 0. The third-order valence-electron chi connectivity index (χ3n) is 0.586. The summed E-state index contributed by atoms with van der Waals surface area (Å²) in [5.41, 5.74) is 0. The maximum Gasteiger partial charge on any atom is 0 e. The molecule has 0 heterocycles. The third kappa shape index (κ3) is 15.7. The molecule has 0 saturated heterocycles. The Hall–Kier alpha value is -0.534. The third-order valence-corrected chi connectivity index (χ3v) is 0.586. The van der Waals surface area contributed by atoms with Crippen molar-refractivity contribution >= 4 is 0 Å². The summed E-state index contributed by atoms with van der Waals surface area (Å²) in [6.45, 7) is 12.0. The molecule has 1 aliphatic carbocycles. The van der Waals surface area contributed by atoms with E-state index in [1.807, 2.05) is 12.2 Å². The van der Waals surface area contributed by atoms with Gasteiger partial charge in [0.25, 0.3) is 0 Å². The predicted molar refractivity (Wildman–Crippen MR) is 44.1 cm³/mol. The second kappa shape index (κ2) is 23.7. The number of hydrogen-bond donors (Lipinski definition) is 0. The van der Waals surface area contributed by atoms with E-state index < -0.39 is 0 Å². The Labute approximate surface area is 74.2 Å². The van der Waals surface area contributed by atoms with Gasteiger partial charge in [0.1, 0.15) is 0 Å². The molecule has 0 spiro atoms. The summed E-state index contributed by atoms with van der Waals surface area (Å²) in [7, 11) is 0. The predicted octanol–water partition coefficient (Wildman–Crippen LogP) is 2.91. The van der Waals surface area contributed by atoms with Crippen LogP contribution in [0.3, 0.4) is 0 Å². The minimum absolute atomic E-state index is 0. The number of hydrogen-bond acceptors (Lipinski definition) is 0. The first kappa shape index (κ1) is 16.2. The van der Waals surface area contributed by atoms with E-state index in [0.717, 1.165) is 6.42 Å². The molecule has 0 aliphatic heterocycles. The smallest absolute Gasteiger partial charge is 0 e. The van der Waals surface area contributed by atoms with Gasteiger partial charge in [0.05, 0.1) is 0 Å². The molecule has 10 heavy (non-hydrogen) atoms. The van der Waals surface area contributed by atoms with E-state index in [1.54, 1.807) is 0 Å². The average molecular weight is 180 g/mol. The molecule has 1 rings (SSSR count). The zero-order valence-corrected chi connectivity index (χ0v) is 7.14. The molecule has 0 bridgehead atoms. The fourth-order valence-electron chi connectivity index (χ4n) is 0.340. The van der Waals surface area contributed by atoms with E-state index in [9.17, 15) is 0 Å². The summed E-state index contributed by atoms with van der Waals surface area (Å²) in [5, 5.41) is 0. The average Bonchev–Trinajstić information content (AvgIpc) is 2.51. The van der Waals surface area contributed by atoms with Crippen LogP contribution in [0.2, 0.25) is 0 Å². The van der Waals surface area contributed by atoms with E-state index in [0.29, 0.717) is 0 Å². The van der Waals surface area contributed by atoms with Gasteiger partial charge in [-0.15, -0.1) is 32.7 Å². The zero-order chi connectivity index (χ0) is 7.54. The van der Waals surface area contributed by atoms with Crippen molar-refractivity contribution in [2.75, 3.05) is 0 Å². The van der Waals surface area contributed by atoms with Gasteiger partial charge in [-0.1, -0.05) is 0 Å². The molecule has 0 nitrogen and oxygen atoms in total. The molecule has 0 atom stereocenters. The standard InChI is InChI=1S/C5H5.2C2H4.Co/c1-2-4-5-3-1;2*1-2;/h1-3H,4H2;2*1-2H2;/q-1;;;. The van der Waals surface area contributed by atoms with Crippen molar-refractivity contribution in [2.24, 2.45) is 0 Å². The van der Waals surface area contributed by atoms with Gasteiger partial charge < -0.3 is 0 Å². The molecule has 1 radical (unpaired) electrons. The van der Waals surface area contributed by atoms with Crippen LogP contribution in [0.15, 0.2) is 44.5 Å². The van der Waals surface area contributed by atoms with Gasteiger partial charge in [0.2, 0.25) is 0 Å². The van der Waals surface area contributed by atoms with Crippen LogP contribution in [0.4, 0.5) is 0 Å². The van der Waals surface area contributed by atoms with E-state index in [2.05, 4.69) is 38.5 Å². The first-order chi connectivity index (χ1) is 4.50. The van der Waals surface area contributed by atoms with Crippen LogP contribution in [0.1, 0.15) is 6.42 Å². The second-order valence-electron chi connectivity index (χ2n) is 1.00. The summed E-state index contributed by atoms with van der Waals surface area (Å²) in [4.78, 5) is 0. The Kier molecular flexibility index (Phi) is 38.4. The van der Waals surface area contributed by atoms with Gasteiger partial charge in [-0.3, -0.25) is 6.08 Å². The molecule has 0 saturated carbocycles. The number of rotatable bonds is 0. The Bertz CT molecular complexity index is 80.9. The largest absolute Gasteiger partial charge is 0.273 e. The van der Waals surface area contributed by atoms with Gasteiger partial charge in [-0.2, -0.15) is 6.08 Å². The summed E-state index contributed by atoms with van der Waals surface area (Å²) in [6.07, 6.45) is 10.0. The van der Waals surface area contributed by atoms with E-state index in [1.165, 1.54) is 0 Å². The second-order valence-corrected chi connectivity index (χ2v) is 1.00. The monoisotopic (exact) mass is 180 g/mol. The first-order valence-electron chi connectivity index (χ1n) is 2.72. The van der Waals surface area contributed by atoms with Crippen LogP contribution < -0.4 is 0 Å². The van der Waals surface area contributed by atoms with Crippen LogP contribution in [0.5, 0.6) is 0 Å². The first-order valence-corrected chi connectivity index (χ1v) is 2.72. The molecular formula is C9H13Co-. The zero-order valence-electron chi connectivity index (χ0n) is 6.10.